The lowest BCUT2D eigenvalue weighted by Crippen LogP contribution is -2.16. The lowest BCUT2D eigenvalue weighted by Gasteiger charge is -2.24. The molecule has 0 spiro atoms. The standard InChI is InChI=1S/C18H30N4/c19-11-6-12-20-16-13-21-18(15-9-4-5-10-15)22-17(16)14-7-2-1-3-8-14/h13-15,20H,1-12,19H2. The molecular weight excluding hydrogens is 272 g/mol. The van der Waals surface area contributed by atoms with Crippen molar-refractivity contribution in [1.82, 2.24) is 9.97 Å². The van der Waals surface area contributed by atoms with Gasteiger partial charge in [-0.1, -0.05) is 32.1 Å². The minimum atomic E-state index is 0.598. The monoisotopic (exact) mass is 302 g/mol. The van der Waals surface area contributed by atoms with Crippen LogP contribution >= 0.6 is 0 Å². The first-order valence-electron chi connectivity index (χ1n) is 9.19. The molecule has 1 aromatic rings. The van der Waals surface area contributed by atoms with Crippen molar-refractivity contribution in [3.63, 3.8) is 0 Å². The summed E-state index contributed by atoms with van der Waals surface area (Å²) in [5.41, 5.74) is 8.05. The third-order valence-electron chi connectivity index (χ3n) is 5.25. The van der Waals surface area contributed by atoms with Gasteiger partial charge >= 0.3 is 0 Å². The fourth-order valence-electron chi connectivity index (χ4n) is 3.94. The normalized spacial score (nSPS) is 20.4. The van der Waals surface area contributed by atoms with E-state index in [9.17, 15) is 0 Å². The molecular formula is C18H30N4. The van der Waals surface area contributed by atoms with Crippen molar-refractivity contribution in [1.29, 1.82) is 0 Å². The van der Waals surface area contributed by atoms with Gasteiger partial charge in [-0.25, -0.2) is 9.97 Å². The first-order chi connectivity index (χ1) is 10.9. The highest BCUT2D eigenvalue weighted by Gasteiger charge is 2.24. The molecule has 0 radical (unpaired) electrons. The molecule has 0 saturated heterocycles. The van der Waals surface area contributed by atoms with Gasteiger partial charge < -0.3 is 11.1 Å². The maximum atomic E-state index is 5.61. The Kier molecular flexibility index (Phi) is 5.65. The lowest BCUT2D eigenvalue weighted by molar-refractivity contribution is 0.435. The molecule has 122 valence electrons. The molecule has 0 unspecified atom stereocenters. The minimum Gasteiger partial charge on any atom is -0.382 e. The molecule has 2 saturated carbocycles. The summed E-state index contributed by atoms with van der Waals surface area (Å²) in [5, 5.41) is 3.52. The molecule has 1 heterocycles. The molecule has 0 atom stereocenters. The smallest absolute Gasteiger partial charge is 0.131 e. The quantitative estimate of drug-likeness (QED) is 0.781. The predicted molar refractivity (Wildman–Crippen MR) is 91.2 cm³/mol. The van der Waals surface area contributed by atoms with Gasteiger partial charge in [0.05, 0.1) is 17.6 Å². The second-order valence-corrected chi connectivity index (χ2v) is 6.91. The zero-order valence-corrected chi connectivity index (χ0v) is 13.7. The van der Waals surface area contributed by atoms with Gasteiger partial charge in [0.15, 0.2) is 0 Å². The van der Waals surface area contributed by atoms with Crippen LogP contribution in [0.4, 0.5) is 5.69 Å². The van der Waals surface area contributed by atoms with Gasteiger partial charge in [0, 0.05) is 18.4 Å². The van der Waals surface area contributed by atoms with Crippen molar-refractivity contribution in [2.45, 2.75) is 76.0 Å². The van der Waals surface area contributed by atoms with Crippen LogP contribution in [0.15, 0.2) is 6.20 Å². The van der Waals surface area contributed by atoms with Gasteiger partial charge in [0.1, 0.15) is 5.82 Å². The maximum absolute atomic E-state index is 5.61. The Labute approximate surface area is 134 Å². The number of hydrogen-bond donors (Lipinski definition) is 2. The predicted octanol–water partition coefficient (Wildman–Crippen LogP) is 3.94. The van der Waals surface area contributed by atoms with Gasteiger partial charge in [-0.3, -0.25) is 0 Å². The topological polar surface area (TPSA) is 63.8 Å². The van der Waals surface area contributed by atoms with Gasteiger partial charge in [-0.05, 0) is 38.6 Å². The fourth-order valence-corrected chi connectivity index (χ4v) is 3.94. The summed E-state index contributed by atoms with van der Waals surface area (Å²) in [4.78, 5) is 9.74. The number of hydrogen-bond acceptors (Lipinski definition) is 4. The van der Waals surface area contributed by atoms with E-state index in [0.29, 0.717) is 11.8 Å². The molecule has 0 bridgehead atoms. The van der Waals surface area contributed by atoms with Crippen LogP contribution in [-0.4, -0.2) is 23.1 Å². The highest BCUT2D eigenvalue weighted by Crippen LogP contribution is 2.37. The molecule has 2 aliphatic rings. The summed E-state index contributed by atoms with van der Waals surface area (Å²) in [6.45, 7) is 1.65. The van der Waals surface area contributed by atoms with E-state index >= 15 is 0 Å². The number of rotatable bonds is 6. The molecule has 2 fully saturated rings. The summed E-state index contributed by atoms with van der Waals surface area (Å²) < 4.78 is 0. The van der Waals surface area contributed by atoms with E-state index in [1.54, 1.807) is 0 Å². The number of aromatic nitrogens is 2. The second-order valence-electron chi connectivity index (χ2n) is 6.91. The first-order valence-corrected chi connectivity index (χ1v) is 9.19. The van der Waals surface area contributed by atoms with Crippen LogP contribution in [0.25, 0.3) is 0 Å². The molecule has 0 aromatic carbocycles. The Bertz CT molecular complexity index is 462. The average Bonchev–Trinajstić information content (AvgIpc) is 3.11. The first kappa shape index (κ1) is 15.7. The molecule has 4 nitrogen and oxygen atoms in total. The van der Waals surface area contributed by atoms with Crippen LogP contribution < -0.4 is 11.1 Å². The van der Waals surface area contributed by atoms with E-state index in [-0.39, 0.29) is 0 Å². The summed E-state index contributed by atoms with van der Waals surface area (Å²) in [6, 6.07) is 0. The van der Waals surface area contributed by atoms with Crippen molar-refractivity contribution < 1.29 is 0 Å². The maximum Gasteiger partial charge on any atom is 0.131 e. The zero-order valence-electron chi connectivity index (χ0n) is 13.7. The fraction of sp³-hybridized carbons (Fsp3) is 0.778. The Balaban J connectivity index is 1.80. The van der Waals surface area contributed by atoms with Crippen molar-refractivity contribution in [2.24, 2.45) is 5.73 Å². The van der Waals surface area contributed by atoms with Crippen LogP contribution in [0.3, 0.4) is 0 Å². The Morgan fingerprint density at radius 1 is 1.00 bits per heavy atom. The average molecular weight is 302 g/mol. The summed E-state index contributed by atoms with van der Waals surface area (Å²) in [7, 11) is 0. The zero-order chi connectivity index (χ0) is 15.2. The van der Waals surface area contributed by atoms with Crippen LogP contribution in [0.2, 0.25) is 0 Å². The summed E-state index contributed by atoms with van der Waals surface area (Å²) in [6.07, 6.45) is 14.9. The highest BCUT2D eigenvalue weighted by atomic mass is 15.0. The Hall–Kier alpha value is -1.16. The van der Waals surface area contributed by atoms with Crippen molar-refractivity contribution in [3.05, 3.63) is 17.7 Å². The molecule has 0 amide bonds. The van der Waals surface area contributed by atoms with E-state index < -0.39 is 0 Å². The number of nitrogens with two attached hydrogens (primary N) is 1. The second kappa shape index (κ2) is 7.91. The van der Waals surface area contributed by atoms with Gasteiger partial charge in [-0.15, -0.1) is 0 Å². The van der Waals surface area contributed by atoms with Gasteiger partial charge in [0.25, 0.3) is 0 Å². The van der Waals surface area contributed by atoms with Gasteiger partial charge in [0.2, 0.25) is 0 Å². The van der Waals surface area contributed by atoms with Crippen molar-refractivity contribution in [2.75, 3.05) is 18.4 Å². The number of nitrogens with one attached hydrogen (secondary N) is 1. The van der Waals surface area contributed by atoms with E-state index in [2.05, 4.69) is 5.32 Å². The molecule has 2 aliphatic carbocycles. The summed E-state index contributed by atoms with van der Waals surface area (Å²) >= 11 is 0. The molecule has 3 rings (SSSR count). The van der Waals surface area contributed by atoms with E-state index in [4.69, 9.17) is 15.7 Å². The van der Waals surface area contributed by atoms with Crippen molar-refractivity contribution in [3.8, 4) is 0 Å². The molecule has 0 aliphatic heterocycles. The van der Waals surface area contributed by atoms with Gasteiger partial charge in [-0.2, -0.15) is 0 Å². The number of anilines is 1. The van der Waals surface area contributed by atoms with E-state index in [1.807, 2.05) is 6.20 Å². The van der Waals surface area contributed by atoms with Crippen LogP contribution in [0.5, 0.6) is 0 Å². The third kappa shape index (κ3) is 3.78. The van der Waals surface area contributed by atoms with Crippen LogP contribution in [0, 0.1) is 0 Å². The third-order valence-corrected chi connectivity index (χ3v) is 5.25. The lowest BCUT2D eigenvalue weighted by atomic mass is 9.86. The highest BCUT2D eigenvalue weighted by molar-refractivity contribution is 5.48. The van der Waals surface area contributed by atoms with Crippen LogP contribution in [0.1, 0.15) is 87.6 Å². The molecule has 1 aromatic heterocycles. The SMILES string of the molecule is NCCCNc1cnc(C2CCCC2)nc1C1CCCCC1. The summed E-state index contributed by atoms with van der Waals surface area (Å²) in [5.74, 6) is 2.32. The van der Waals surface area contributed by atoms with E-state index in [1.165, 1.54) is 63.5 Å². The molecule has 3 N–H and O–H groups in total. The Morgan fingerprint density at radius 3 is 2.41 bits per heavy atom. The molecule has 4 heteroatoms. The van der Waals surface area contributed by atoms with E-state index in [0.717, 1.165) is 31.0 Å². The van der Waals surface area contributed by atoms with Crippen LogP contribution in [-0.2, 0) is 0 Å². The number of nitrogens with zero attached hydrogens (tertiary/aromatic N) is 2. The Morgan fingerprint density at radius 2 is 1.68 bits per heavy atom. The minimum absolute atomic E-state index is 0.598. The largest absolute Gasteiger partial charge is 0.382 e. The molecule has 22 heavy (non-hydrogen) atoms. The van der Waals surface area contributed by atoms with Crippen molar-refractivity contribution >= 4 is 5.69 Å².